The molecule has 0 radical (unpaired) electrons. The number of hydrogen-bond donors (Lipinski definition) is 1. The molecule has 0 saturated carbocycles. The van der Waals surface area contributed by atoms with Crippen LogP contribution in [-0.4, -0.2) is 21.3 Å². The first-order valence-corrected chi connectivity index (χ1v) is 7.92. The van der Waals surface area contributed by atoms with Gasteiger partial charge in [-0.3, -0.25) is 0 Å². The monoisotopic (exact) mass is 358 g/mol. The average molecular weight is 359 g/mol. The lowest BCUT2D eigenvalue weighted by molar-refractivity contribution is 0.0277. The highest BCUT2D eigenvalue weighted by Gasteiger charge is 2.22. The van der Waals surface area contributed by atoms with Crippen molar-refractivity contribution in [2.45, 2.75) is 20.0 Å². The number of carbonyl (C=O) groups is 1. The maximum absolute atomic E-state index is 12.2. The van der Waals surface area contributed by atoms with E-state index in [1.165, 1.54) is 18.2 Å². The number of aromatic hydroxyl groups is 1. The van der Waals surface area contributed by atoms with Gasteiger partial charge in [0.1, 0.15) is 11.3 Å². The molecular weight excluding hydrogens is 344 g/mol. The average Bonchev–Trinajstić information content (AvgIpc) is 3.07. The number of carbonyl (C=O) groups excluding carboxylic acids is 1. The van der Waals surface area contributed by atoms with E-state index in [0.717, 1.165) is 11.1 Å². The Morgan fingerprint density at radius 3 is 2.80 bits per heavy atom. The third-order valence-corrected chi connectivity index (χ3v) is 3.75. The molecule has 0 saturated heterocycles. The minimum absolute atomic E-state index is 0.0298. The molecule has 25 heavy (non-hydrogen) atoms. The maximum atomic E-state index is 12.2. The van der Waals surface area contributed by atoms with Crippen molar-refractivity contribution >= 4 is 17.6 Å². The first kappa shape index (κ1) is 17.0. The minimum atomic E-state index is -0.781. The first-order chi connectivity index (χ1) is 11.9. The van der Waals surface area contributed by atoms with Gasteiger partial charge in [-0.2, -0.15) is 0 Å². The van der Waals surface area contributed by atoms with Gasteiger partial charge in [-0.25, -0.2) is 4.79 Å². The Balaban J connectivity index is 1.77. The second-order valence-electron chi connectivity index (χ2n) is 5.52. The summed E-state index contributed by atoms with van der Waals surface area (Å²) in [6.07, 6.45) is -0.781. The van der Waals surface area contributed by atoms with Gasteiger partial charge in [0, 0.05) is 10.6 Å². The summed E-state index contributed by atoms with van der Waals surface area (Å²) in [5.41, 5.74) is 1.82. The van der Waals surface area contributed by atoms with Crippen LogP contribution in [0.25, 0.3) is 11.5 Å². The number of phenolic OH excluding ortho intramolecular Hbond substituents is 1. The highest BCUT2D eigenvalue weighted by molar-refractivity contribution is 6.31. The summed E-state index contributed by atoms with van der Waals surface area (Å²) >= 11 is 5.84. The predicted octanol–water partition coefficient (Wildman–Crippen LogP) is 4.32. The van der Waals surface area contributed by atoms with Crippen molar-refractivity contribution in [3.8, 4) is 17.2 Å². The molecule has 0 amide bonds. The number of halogens is 1. The molecule has 0 aliphatic carbocycles. The number of benzene rings is 2. The van der Waals surface area contributed by atoms with Crippen LogP contribution in [0.15, 0.2) is 46.9 Å². The van der Waals surface area contributed by atoms with Crippen molar-refractivity contribution in [1.29, 1.82) is 0 Å². The summed E-state index contributed by atoms with van der Waals surface area (Å²) in [7, 11) is 0. The van der Waals surface area contributed by atoms with Gasteiger partial charge in [0.2, 0.25) is 5.89 Å². The fourth-order valence-electron chi connectivity index (χ4n) is 2.24. The second kappa shape index (κ2) is 6.94. The zero-order valence-electron chi connectivity index (χ0n) is 13.6. The topological polar surface area (TPSA) is 85.5 Å². The number of aromatic nitrogens is 2. The van der Waals surface area contributed by atoms with Crippen molar-refractivity contribution in [2.75, 3.05) is 0 Å². The van der Waals surface area contributed by atoms with Gasteiger partial charge in [0.15, 0.2) is 6.10 Å². The van der Waals surface area contributed by atoms with Crippen molar-refractivity contribution in [3.05, 3.63) is 64.5 Å². The number of rotatable bonds is 4. The molecule has 0 fully saturated rings. The lowest BCUT2D eigenvalue weighted by Gasteiger charge is -2.10. The quantitative estimate of drug-likeness (QED) is 0.699. The van der Waals surface area contributed by atoms with Gasteiger partial charge in [-0.15, -0.1) is 10.2 Å². The largest absolute Gasteiger partial charge is 0.507 e. The Labute approximate surface area is 149 Å². The van der Waals surface area contributed by atoms with E-state index < -0.39 is 12.1 Å². The van der Waals surface area contributed by atoms with E-state index in [1.54, 1.807) is 6.92 Å². The lowest BCUT2D eigenvalue weighted by Crippen LogP contribution is -2.09. The molecule has 1 N–H and O–H groups in total. The van der Waals surface area contributed by atoms with Gasteiger partial charge < -0.3 is 14.3 Å². The van der Waals surface area contributed by atoms with Crippen LogP contribution in [0, 0.1) is 6.92 Å². The van der Waals surface area contributed by atoms with Gasteiger partial charge in [0.05, 0.1) is 0 Å². The van der Waals surface area contributed by atoms with Crippen LogP contribution in [0.2, 0.25) is 5.02 Å². The number of esters is 1. The zero-order valence-corrected chi connectivity index (χ0v) is 14.3. The summed E-state index contributed by atoms with van der Waals surface area (Å²) in [5, 5.41) is 18.0. The van der Waals surface area contributed by atoms with E-state index in [0.29, 0.717) is 10.9 Å². The third-order valence-electron chi connectivity index (χ3n) is 3.52. The van der Waals surface area contributed by atoms with Crippen LogP contribution in [0.1, 0.15) is 34.8 Å². The Morgan fingerprint density at radius 2 is 2.04 bits per heavy atom. The van der Waals surface area contributed by atoms with E-state index in [2.05, 4.69) is 10.2 Å². The molecule has 3 aromatic rings. The SMILES string of the molecule is Cc1cccc(-c2nnc(C(C)OC(=O)c3cc(Cl)ccc3O)o2)c1. The standard InChI is InChI=1S/C18H15ClN2O4/c1-10-4-3-5-12(8-10)17-21-20-16(25-17)11(2)24-18(23)14-9-13(19)6-7-15(14)22/h3-9,11,22H,1-2H3. The molecule has 1 unspecified atom stereocenters. The second-order valence-corrected chi connectivity index (χ2v) is 5.96. The molecule has 1 heterocycles. The smallest absolute Gasteiger partial charge is 0.342 e. The van der Waals surface area contributed by atoms with E-state index >= 15 is 0 Å². The number of ether oxygens (including phenoxy) is 1. The normalized spacial score (nSPS) is 12.0. The third kappa shape index (κ3) is 3.80. The van der Waals surface area contributed by atoms with Gasteiger partial charge in [-0.1, -0.05) is 29.3 Å². The van der Waals surface area contributed by atoms with Crippen molar-refractivity contribution in [3.63, 3.8) is 0 Å². The van der Waals surface area contributed by atoms with Crippen molar-refractivity contribution < 1.29 is 19.1 Å². The molecule has 0 aliphatic rings. The van der Waals surface area contributed by atoms with Crippen LogP contribution < -0.4 is 0 Å². The summed E-state index contributed by atoms with van der Waals surface area (Å²) in [4.78, 5) is 12.2. The van der Waals surface area contributed by atoms with Gasteiger partial charge in [0.25, 0.3) is 5.89 Å². The number of aryl methyl sites for hydroxylation is 1. The van der Waals surface area contributed by atoms with E-state index in [4.69, 9.17) is 20.8 Å². The summed E-state index contributed by atoms with van der Waals surface area (Å²) in [6.45, 7) is 3.57. The summed E-state index contributed by atoms with van der Waals surface area (Å²) in [6, 6.07) is 11.7. The molecule has 7 heteroatoms. The van der Waals surface area contributed by atoms with Crippen molar-refractivity contribution in [2.24, 2.45) is 0 Å². The minimum Gasteiger partial charge on any atom is -0.507 e. The molecular formula is C18H15ClN2O4. The van der Waals surface area contributed by atoms with Crippen LogP contribution in [0.4, 0.5) is 0 Å². The van der Waals surface area contributed by atoms with Gasteiger partial charge >= 0.3 is 5.97 Å². The maximum Gasteiger partial charge on any atom is 0.342 e. The van der Waals surface area contributed by atoms with Crippen LogP contribution in [-0.2, 0) is 4.74 Å². The van der Waals surface area contributed by atoms with Crippen LogP contribution in [0.5, 0.6) is 5.75 Å². The number of phenols is 1. The number of nitrogens with zero attached hydrogens (tertiary/aromatic N) is 2. The zero-order chi connectivity index (χ0) is 18.0. The first-order valence-electron chi connectivity index (χ1n) is 7.54. The Bertz CT molecular complexity index is 923. The molecule has 2 aromatic carbocycles. The summed E-state index contributed by atoms with van der Waals surface area (Å²) < 4.78 is 10.9. The molecule has 6 nitrogen and oxygen atoms in total. The molecule has 0 aliphatic heterocycles. The molecule has 0 spiro atoms. The molecule has 3 rings (SSSR count). The van der Waals surface area contributed by atoms with Crippen LogP contribution >= 0.6 is 11.6 Å². The van der Waals surface area contributed by atoms with E-state index in [1.807, 2.05) is 31.2 Å². The Kier molecular flexibility index (Phi) is 4.72. The molecule has 1 aromatic heterocycles. The number of hydrogen-bond acceptors (Lipinski definition) is 6. The van der Waals surface area contributed by atoms with E-state index in [9.17, 15) is 9.90 Å². The van der Waals surface area contributed by atoms with Gasteiger partial charge in [-0.05, 0) is 44.2 Å². The summed E-state index contributed by atoms with van der Waals surface area (Å²) in [5.74, 6) is -0.450. The van der Waals surface area contributed by atoms with Crippen LogP contribution in [0.3, 0.4) is 0 Å². The Morgan fingerprint density at radius 1 is 1.24 bits per heavy atom. The fourth-order valence-corrected chi connectivity index (χ4v) is 2.41. The molecule has 1 atom stereocenters. The highest BCUT2D eigenvalue weighted by Crippen LogP contribution is 2.26. The highest BCUT2D eigenvalue weighted by atomic mass is 35.5. The van der Waals surface area contributed by atoms with E-state index in [-0.39, 0.29) is 17.2 Å². The fraction of sp³-hybridized carbons (Fsp3) is 0.167. The van der Waals surface area contributed by atoms with Crippen molar-refractivity contribution in [1.82, 2.24) is 10.2 Å². The predicted molar refractivity (Wildman–Crippen MR) is 91.4 cm³/mol. The Hall–Kier alpha value is -2.86. The lowest BCUT2D eigenvalue weighted by atomic mass is 10.1. The molecule has 0 bridgehead atoms. The molecule has 128 valence electrons.